The Morgan fingerprint density at radius 1 is 1.58 bits per heavy atom. The van der Waals surface area contributed by atoms with Gasteiger partial charge in [-0.3, -0.25) is 4.79 Å². The normalized spacial score (nSPS) is 27.1. The van der Waals surface area contributed by atoms with Crippen LogP contribution in [0.15, 0.2) is 12.2 Å². The van der Waals surface area contributed by atoms with Gasteiger partial charge in [-0.25, -0.2) is 0 Å². The lowest BCUT2D eigenvalue weighted by atomic mass is 9.75. The number of carbonyl (C=O) groups is 1. The maximum Gasteiger partial charge on any atom is 0.136 e. The minimum absolute atomic E-state index is 0.230. The van der Waals surface area contributed by atoms with Crippen LogP contribution < -0.4 is 0 Å². The highest BCUT2D eigenvalue weighted by Crippen LogP contribution is 2.34. The summed E-state index contributed by atoms with van der Waals surface area (Å²) in [6.45, 7) is 6.34. The number of hydrogen-bond acceptors (Lipinski definition) is 1. The number of Topliss-reactive ketones (excluding diaryl/α,β-unsaturated/α-hetero) is 1. The van der Waals surface area contributed by atoms with Crippen molar-refractivity contribution in [3.63, 3.8) is 0 Å². The van der Waals surface area contributed by atoms with Crippen LogP contribution in [-0.2, 0) is 4.79 Å². The lowest BCUT2D eigenvalue weighted by Gasteiger charge is -2.29. The number of ketones is 1. The Morgan fingerprint density at radius 3 is 2.75 bits per heavy atom. The van der Waals surface area contributed by atoms with Gasteiger partial charge in [0, 0.05) is 12.3 Å². The predicted molar refractivity (Wildman–Crippen MR) is 50.9 cm³/mol. The molecular weight excluding hydrogens is 148 g/mol. The Morgan fingerprint density at radius 2 is 2.25 bits per heavy atom. The molecule has 0 aliphatic heterocycles. The molecule has 1 nitrogen and oxygen atoms in total. The first kappa shape index (κ1) is 9.50. The Labute approximate surface area is 74.9 Å². The molecular formula is C11H18O. The van der Waals surface area contributed by atoms with Crippen molar-refractivity contribution in [1.82, 2.24) is 0 Å². The summed E-state index contributed by atoms with van der Waals surface area (Å²) in [6.07, 6.45) is 7.05. The van der Waals surface area contributed by atoms with Gasteiger partial charge in [0.25, 0.3) is 0 Å². The van der Waals surface area contributed by atoms with Crippen molar-refractivity contribution in [2.45, 2.75) is 40.0 Å². The lowest BCUT2D eigenvalue weighted by Crippen LogP contribution is -2.24. The molecule has 0 aromatic rings. The lowest BCUT2D eigenvalue weighted by molar-refractivity contribution is -0.123. The van der Waals surface area contributed by atoms with Gasteiger partial charge < -0.3 is 0 Å². The van der Waals surface area contributed by atoms with Gasteiger partial charge in [-0.05, 0) is 18.3 Å². The molecule has 0 aromatic carbocycles. The molecule has 0 saturated heterocycles. The van der Waals surface area contributed by atoms with Crippen LogP contribution in [-0.4, -0.2) is 5.78 Å². The second-order valence-electron chi connectivity index (χ2n) is 4.35. The zero-order valence-electron chi connectivity index (χ0n) is 8.26. The highest BCUT2D eigenvalue weighted by atomic mass is 16.1. The van der Waals surface area contributed by atoms with Gasteiger partial charge in [0.1, 0.15) is 5.78 Å². The van der Waals surface area contributed by atoms with Crippen LogP contribution in [0.3, 0.4) is 0 Å². The molecule has 1 rings (SSSR count). The SMILES string of the molecule is CCC(=O)C1CC=CC(C)(C)C1. The van der Waals surface area contributed by atoms with Crippen molar-refractivity contribution < 1.29 is 4.79 Å². The zero-order chi connectivity index (χ0) is 9.19. The van der Waals surface area contributed by atoms with Crippen LogP contribution in [0.1, 0.15) is 40.0 Å². The van der Waals surface area contributed by atoms with Crippen LogP contribution >= 0.6 is 0 Å². The number of rotatable bonds is 2. The standard InChI is InChI=1S/C11H18O/c1-4-10(12)9-6-5-7-11(2,3)8-9/h5,7,9H,4,6,8H2,1-3H3. The Hall–Kier alpha value is -0.590. The maximum atomic E-state index is 11.4. The minimum atomic E-state index is 0.230. The van der Waals surface area contributed by atoms with Crippen LogP contribution in [0.4, 0.5) is 0 Å². The molecule has 0 amide bonds. The molecule has 0 spiro atoms. The number of carbonyl (C=O) groups excluding carboxylic acids is 1. The predicted octanol–water partition coefficient (Wildman–Crippen LogP) is 2.96. The fourth-order valence-electron chi connectivity index (χ4n) is 1.87. The largest absolute Gasteiger partial charge is 0.299 e. The monoisotopic (exact) mass is 166 g/mol. The van der Waals surface area contributed by atoms with Crippen LogP contribution in [0.25, 0.3) is 0 Å². The van der Waals surface area contributed by atoms with Crippen LogP contribution in [0, 0.1) is 11.3 Å². The molecule has 0 aromatic heterocycles. The van der Waals surface area contributed by atoms with E-state index in [1.165, 1.54) is 0 Å². The van der Waals surface area contributed by atoms with Crippen molar-refractivity contribution in [3.8, 4) is 0 Å². The van der Waals surface area contributed by atoms with Crippen molar-refractivity contribution in [3.05, 3.63) is 12.2 Å². The van der Waals surface area contributed by atoms with Crippen molar-refractivity contribution in [2.24, 2.45) is 11.3 Å². The first-order chi connectivity index (χ1) is 5.55. The fraction of sp³-hybridized carbons (Fsp3) is 0.727. The molecule has 68 valence electrons. The fourth-order valence-corrected chi connectivity index (χ4v) is 1.87. The van der Waals surface area contributed by atoms with E-state index in [0.29, 0.717) is 12.2 Å². The average Bonchev–Trinajstić information content (AvgIpc) is 2.01. The third-order valence-electron chi connectivity index (χ3n) is 2.57. The van der Waals surface area contributed by atoms with Crippen LogP contribution in [0.2, 0.25) is 0 Å². The topological polar surface area (TPSA) is 17.1 Å². The first-order valence-corrected chi connectivity index (χ1v) is 4.75. The van der Waals surface area contributed by atoms with Gasteiger partial charge in [-0.2, -0.15) is 0 Å². The van der Waals surface area contributed by atoms with E-state index in [0.717, 1.165) is 12.8 Å². The zero-order valence-corrected chi connectivity index (χ0v) is 8.26. The number of hydrogen-bond donors (Lipinski definition) is 0. The molecule has 0 saturated carbocycles. The summed E-state index contributed by atoms with van der Waals surface area (Å²) in [5.74, 6) is 0.711. The minimum Gasteiger partial charge on any atom is -0.299 e. The van der Waals surface area contributed by atoms with E-state index in [2.05, 4.69) is 26.0 Å². The molecule has 0 heterocycles. The first-order valence-electron chi connectivity index (χ1n) is 4.75. The van der Waals surface area contributed by atoms with Gasteiger partial charge in [-0.15, -0.1) is 0 Å². The summed E-state index contributed by atoms with van der Waals surface area (Å²) in [6, 6.07) is 0. The van der Waals surface area contributed by atoms with E-state index in [1.54, 1.807) is 0 Å². The summed E-state index contributed by atoms with van der Waals surface area (Å²) >= 11 is 0. The Balaban J connectivity index is 2.62. The average molecular weight is 166 g/mol. The Bertz CT molecular complexity index is 201. The third-order valence-corrected chi connectivity index (χ3v) is 2.57. The molecule has 0 radical (unpaired) electrons. The smallest absolute Gasteiger partial charge is 0.136 e. The molecule has 0 bridgehead atoms. The highest BCUT2D eigenvalue weighted by molar-refractivity contribution is 5.81. The molecule has 0 fully saturated rings. The van der Waals surface area contributed by atoms with Crippen LogP contribution in [0.5, 0.6) is 0 Å². The second kappa shape index (κ2) is 3.42. The van der Waals surface area contributed by atoms with Crippen molar-refractivity contribution >= 4 is 5.78 Å². The molecule has 1 aliphatic rings. The van der Waals surface area contributed by atoms with Gasteiger partial charge in [0.05, 0.1) is 0 Å². The summed E-state index contributed by atoms with van der Waals surface area (Å²) in [4.78, 5) is 11.4. The molecule has 1 aliphatic carbocycles. The summed E-state index contributed by atoms with van der Waals surface area (Å²) in [5.41, 5.74) is 0.230. The third kappa shape index (κ3) is 2.20. The van der Waals surface area contributed by atoms with E-state index >= 15 is 0 Å². The summed E-state index contributed by atoms with van der Waals surface area (Å²) in [5, 5.41) is 0. The van der Waals surface area contributed by atoms with E-state index in [-0.39, 0.29) is 11.3 Å². The van der Waals surface area contributed by atoms with Gasteiger partial charge >= 0.3 is 0 Å². The van der Waals surface area contributed by atoms with E-state index < -0.39 is 0 Å². The van der Waals surface area contributed by atoms with E-state index in [4.69, 9.17) is 0 Å². The van der Waals surface area contributed by atoms with Gasteiger partial charge in [0.2, 0.25) is 0 Å². The van der Waals surface area contributed by atoms with E-state index in [9.17, 15) is 4.79 Å². The number of allylic oxidation sites excluding steroid dienone is 2. The molecule has 1 atom stereocenters. The van der Waals surface area contributed by atoms with E-state index in [1.807, 2.05) is 6.92 Å². The molecule has 0 N–H and O–H groups in total. The maximum absolute atomic E-state index is 11.4. The van der Waals surface area contributed by atoms with Crippen molar-refractivity contribution in [2.75, 3.05) is 0 Å². The second-order valence-corrected chi connectivity index (χ2v) is 4.35. The Kier molecular flexibility index (Phi) is 2.71. The van der Waals surface area contributed by atoms with Crippen molar-refractivity contribution in [1.29, 1.82) is 0 Å². The molecule has 1 unspecified atom stereocenters. The highest BCUT2D eigenvalue weighted by Gasteiger charge is 2.27. The molecule has 1 heteroatoms. The molecule has 12 heavy (non-hydrogen) atoms. The quantitative estimate of drug-likeness (QED) is 0.576. The summed E-state index contributed by atoms with van der Waals surface area (Å²) < 4.78 is 0. The van der Waals surface area contributed by atoms with Gasteiger partial charge in [-0.1, -0.05) is 32.9 Å². The summed E-state index contributed by atoms with van der Waals surface area (Å²) in [7, 11) is 0. The van der Waals surface area contributed by atoms with Gasteiger partial charge in [0.15, 0.2) is 0 Å².